The standard InChI is InChI=1S/C15H16FN5O4S.C14H16FN3O2/c1-8(16)9-7-12-11(6-10(9)13-4-5-17-20(13)2)14(22)21(15(23)18-12)19-26(3,24)25;1-8(15)9-7-12(16)11(14(19)20-3)6-10(9)13-4-5-17-18(13)2/h4-8,19H,1-3H3,(H,18,23);4-8H,16H2,1-3H3. The largest absolute Gasteiger partial charge is 0.465 e. The zero-order valence-electron chi connectivity index (χ0n) is 25.7. The third kappa shape index (κ3) is 6.83. The van der Waals surface area contributed by atoms with E-state index in [2.05, 4.69) is 19.9 Å². The van der Waals surface area contributed by atoms with E-state index < -0.39 is 39.6 Å². The SMILES string of the molecule is CC(F)c1cc2[nH]c(=O)n(NS(C)(=O)=O)c(=O)c2cc1-c1ccnn1C.COC(=O)c1cc(-c2ccnn2C)c(C(C)F)cc1N. The van der Waals surface area contributed by atoms with Crippen molar-refractivity contribution in [2.45, 2.75) is 26.2 Å². The number of methoxy groups -OCH3 is 1. The number of nitrogens with zero attached hydrogens (tertiary/aromatic N) is 5. The van der Waals surface area contributed by atoms with Crippen molar-refractivity contribution < 1.29 is 26.7 Å². The molecule has 0 aliphatic carbocycles. The summed E-state index contributed by atoms with van der Waals surface area (Å²) < 4.78 is 58.9. The molecule has 3 heterocycles. The molecule has 0 spiro atoms. The van der Waals surface area contributed by atoms with Gasteiger partial charge in [0.15, 0.2) is 0 Å². The molecule has 3 aromatic heterocycles. The zero-order chi connectivity index (χ0) is 34.1. The topological polar surface area (TPSA) is 189 Å². The summed E-state index contributed by atoms with van der Waals surface area (Å²) in [5.41, 5.74) is 7.44. The van der Waals surface area contributed by atoms with Crippen LogP contribution in [0.5, 0.6) is 0 Å². The normalized spacial score (nSPS) is 12.7. The van der Waals surface area contributed by atoms with E-state index in [9.17, 15) is 31.6 Å². The van der Waals surface area contributed by atoms with Gasteiger partial charge in [-0.05, 0) is 61.4 Å². The lowest BCUT2D eigenvalue weighted by molar-refractivity contribution is 0.0602. The second-order valence-corrected chi connectivity index (χ2v) is 12.1. The van der Waals surface area contributed by atoms with E-state index in [0.29, 0.717) is 32.8 Å². The first-order valence-electron chi connectivity index (χ1n) is 13.6. The van der Waals surface area contributed by atoms with Crippen molar-refractivity contribution in [1.29, 1.82) is 0 Å². The van der Waals surface area contributed by atoms with Crippen LogP contribution in [0.15, 0.2) is 58.4 Å². The number of nitrogens with two attached hydrogens (primary N) is 1. The molecule has 0 aliphatic rings. The van der Waals surface area contributed by atoms with Gasteiger partial charge in [0.1, 0.15) is 12.3 Å². The van der Waals surface area contributed by atoms with Gasteiger partial charge in [0.2, 0.25) is 10.0 Å². The van der Waals surface area contributed by atoms with Gasteiger partial charge in [-0.25, -0.2) is 31.6 Å². The van der Waals surface area contributed by atoms with Gasteiger partial charge >= 0.3 is 11.7 Å². The minimum absolute atomic E-state index is 0.0290. The number of sulfonamides is 1. The average molecular weight is 659 g/mol. The molecule has 0 saturated carbocycles. The number of ether oxygens (including phenoxy) is 1. The molecule has 0 saturated heterocycles. The van der Waals surface area contributed by atoms with Crippen molar-refractivity contribution >= 4 is 32.6 Å². The molecule has 2 aromatic carbocycles. The highest BCUT2D eigenvalue weighted by Crippen LogP contribution is 2.34. The molecule has 14 nitrogen and oxygen atoms in total. The number of fused-ring (bicyclic) bond motifs is 1. The highest BCUT2D eigenvalue weighted by atomic mass is 32.2. The molecule has 17 heteroatoms. The number of rotatable bonds is 7. The quantitative estimate of drug-likeness (QED) is 0.174. The summed E-state index contributed by atoms with van der Waals surface area (Å²) in [6.07, 6.45) is 1.37. The summed E-state index contributed by atoms with van der Waals surface area (Å²) >= 11 is 0. The Morgan fingerprint density at radius 2 is 1.48 bits per heavy atom. The number of aromatic nitrogens is 6. The number of alkyl halides is 2. The van der Waals surface area contributed by atoms with Gasteiger partial charge in [0.25, 0.3) is 5.56 Å². The number of hydrogen-bond donors (Lipinski definition) is 3. The molecule has 46 heavy (non-hydrogen) atoms. The number of benzene rings is 2. The van der Waals surface area contributed by atoms with Crippen LogP contribution in [0.2, 0.25) is 0 Å². The van der Waals surface area contributed by atoms with Crippen LogP contribution in [0.25, 0.3) is 33.4 Å². The Bertz CT molecular complexity index is 2170. The van der Waals surface area contributed by atoms with Gasteiger partial charge in [-0.3, -0.25) is 14.2 Å². The van der Waals surface area contributed by atoms with Crippen LogP contribution >= 0.6 is 0 Å². The average Bonchev–Trinajstić information content (AvgIpc) is 3.61. The molecule has 0 amide bonds. The Kier molecular flexibility index (Phi) is 9.46. The number of anilines is 1. The fourth-order valence-corrected chi connectivity index (χ4v) is 5.33. The number of hydrogen-bond acceptors (Lipinski definition) is 9. The molecule has 244 valence electrons. The van der Waals surface area contributed by atoms with E-state index >= 15 is 0 Å². The van der Waals surface area contributed by atoms with Crippen molar-refractivity contribution in [3.05, 3.63) is 86.3 Å². The predicted octanol–water partition coefficient (Wildman–Crippen LogP) is 3.11. The molecule has 0 fully saturated rings. The molecule has 4 N–H and O–H groups in total. The number of aryl methyl sites for hydroxylation is 2. The molecule has 2 atom stereocenters. The number of halogens is 2. The highest BCUT2D eigenvalue weighted by Gasteiger charge is 2.21. The Balaban J connectivity index is 0.000000216. The maximum Gasteiger partial charge on any atom is 0.348 e. The van der Waals surface area contributed by atoms with E-state index in [1.165, 1.54) is 50.0 Å². The third-order valence-electron chi connectivity index (χ3n) is 7.00. The van der Waals surface area contributed by atoms with Crippen molar-refractivity contribution in [3.63, 3.8) is 0 Å². The van der Waals surface area contributed by atoms with Gasteiger partial charge in [-0.2, -0.15) is 14.9 Å². The summed E-state index contributed by atoms with van der Waals surface area (Å²) in [4.78, 5) is 40.6. The number of aromatic amines is 1. The number of esters is 1. The van der Waals surface area contributed by atoms with E-state index in [-0.39, 0.29) is 27.7 Å². The Labute approximate surface area is 261 Å². The Morgan fingerprint density at radius 3 is 1.93 bits per heavy atom. The van der Waals surface area contributed by atoms with Gasteiger partial charge in [-0.15, -0.1) is 0 Å². The minimum atomic E-state index is -3.85. The van der Waals surface area contributed by atoms with Crippen molar-refractivity contribution in [2.75, 3.05) is 23.9 Å². The molecular weight excluding hydrogens is 626 g/mol. The van der Waals surface area contributed by atoms with Crippen LogP contribution in [0.3, 0.4) is 0 Å². The first kappa shape index (κ1) is 33.6. The summed E-state index contributed by atoms with van der Waals surface area (Å²) in [5.74, 6) is -0.552. The van der Waals surface area contributed by atoms with Crippen molar-refractivity contribution in [3.8, 4) is 22.5 Å². The highest BCUT2D eigenvalue weighted by molar-refractivity contribution is 7.91. The van der Waals surface area contributed by atoms with Crippen LogP contribution in [-0.2, 0) is 28.9 Å². The first-order valence-corrected chi connectivity index (χ1v) is 15.5. The summed E-state index contributed by atoms with van der Waals surface area (Å²) in [7, 11) is 0.837. The lowest BCUT2D eigenvalue weighted by Gasteiger charge is -2.14. The fourth-order valence-electron chi connectivity index (χ4n) is 4.83. The number of nitrogens with one attached hydrogen (secondary N) is 2. The lowest BCUT2D eigenvalue weighted by Crippen LogP contribution is -2.43. The first-order chi connectivity index (χ1) is 21.5. The van der Waals surface area contributed by atoms with Gasteiger partial charge in [-0.1, -0.05) is 0 Å². The third-order valence-corrected chi connectivity index (χ3v) is 7.52. The molecule has 5 aromatic rings. The number of H-pyrrole nitrogens is 1. The minimum Gasteiger partial charge on any atom is -0.465 e. The van der Waals surface area contributed by atoms with Crippen LogP contribution in [-0.4, -0.2) is 57.0 Å². The van der Waals surface area contributed by atoms with Crippen molar-refractivity contribution in [2.24, 2.45) is 14.1 Å². The Morgan fingerprint density at radius 1 is 0.957 bits per heavy atom. The number of nitrogen functional groups attached to an aromatic ring is 1. The van der Waals surface area contributed by atoms with Gasteiger partial charge in [0, 0.05) is 43.3 Å². The van der Waals surface area contributed by atoms with Gasteiger partial charge in [0.05, 0.1) is 41.2 Å². The Hall–Kier alpha value is -5.32. The molecule has 0 aliphatic heterocycles. The second-order valence-electron chi connectivity index (χ2n) is 10.3. The second kappa shape index (κ2) is 13.0. The van der Waals surface area contributed by atoms with Crippen LogP contribution in [0.1, 0.15) is 47.7 Å². The summed E-state index contributed by atoms with van der Waals surface area (Å²) in [6, 6.07) is 9.21. The maximum atomic E-state index is 14.2. The summed E-state index contributed by atoms with van der Waals surface area (Å²) in [5, 5.41) is 8.12. The molecular formula is C29H32F2N8O6S. The maximum absolute atomic E-state index is 14.2. The van der Waals surface area contributed by atoms with E-state index in [1.54, 1.807) is 43.2 Å². The predicted molar refractivity (Wildman–Crippen MR) is 169 cm³/mol. The smallest absolute Gasteiger partial charge is 0.348 e. The zero-order valence-corrected chi connectivity index (χ0v) is 26.5. The van der Waals surface area contributed by atoms with Gasteiger partial charge < -0.3 is 15.5 Å². The monoisotopic (exact) mass is 658 g/mol. The number of carbonyl (C=O) groups excluding carboxylic acids is 1. The molecule has 2 unspecified atom stereocenters. The lowest BCUT2D eigenvalue weighted by atomic mass is 9.97. The van der Waals surface area contributed by atoms with E-state index in [0.717, 1.165) is 6.26 Å². The molecule has 5 rings (SSSR count). The molecule has 0 radical (unpaired) electrons. The number of carbonyl (C=O) groups is 1. The summed E-state index contributed by atoms with van der Waals surface area (Å²) in [6.45, 7) is 2.76. The fraction of sp³-hybridized carbons (Fsp3) is 0.276. The van der Waals surface area contributed by atoms with E-state index in [1.807, 2.05) is 4.83 Å². The van der Waals surface area contributed by atoms with Crippen LogP contribution in [0.4, 0.5) is 14.5 Å². The van der Waals surface area contributed by atoms with Crippen LogP contribution < -0.4 is 21.8 Å². The van der Waals surface area contributed by atoms with Crippen LogP contribution in [0, 0.1) is 0 Å². The molecule has 0 bridgehead atoms. The van der Waals surface area contributed by atoms with Crippen molar-refractivity contribution in [1.82, 2.24) is 29.2 Å². The van der Waals surface area contributed by atoms with E-state index in [4.69, 9.17) is 5.73 Å².